The van der Waals surface area contributed by atoms with Crippen LogP contribution in [0.4, 0.5) is 0 Å². The molecule has 0 aromatic heterocycles. The number of nitrogens with one attached hydrogen (secondary N) is 3. The quantitative estimate of drug-likeness (QED) is 0.0474. The predicted octanol–water partition coefficient (Wildman–Crippen LogP) is 4.01. The normalized spacial score (nSPS) is 12.1. The number of rotatable bonds is 44. The van der Waals surface area contributed by atoms with Crippen molar-refractivity contribution in [2.45, 2.75) is 160 Å². The number of unbranched alkanes of at least 4 members (excludes halogenated alkanes) is 15. The molecule has 0 fully saturated rings. The Morgan fingerprint density at radius 2 is 0.983 bits per heavy atom. The van der Waals surface area contributed by atoms with Gasteiger partial charge in [0.15, 0.2) is 5.78 Å². The number of aliphatic carboxylic acids is 2. The number of hydrogen-bond donors (Lipinski definition) is 6. The van der Waals surface area contributed by atoms with Gasteiger partial charge in [-0.05, 0) is 32.6 Å². The monoisotopic (exact) mass is 845 g/mol. The maximum absolute atomic E-state index is 12.3. The molecule has 0 aliphatic carbocycles. The Morgan fingerprint density at radius 3 is 1.49 bits per heavy atom. The first-order chi connectivity index (χ1) is 28.5. The number of nitrogens with two attached hydrogens (primary N) is 1. The standard InChI is InChI=1S/C42H76N4O13/c1-34(37(48)31-43)45-40(51)33-59-30-28-57-26-24-44-39(50)32-58-29-27-56-25-18-19-35(47)22-23-36(42(54)55)46-38(49)20-16-14-12-10-8-6-4-2-3-5-7-9-11-13-15-17-21-41(52)53/h34,36H,2-33,43H2,1H3,(H,44,50)(H,45,51)(H,46,49)(H,52,53)(H,54,55)/t34-,36-/m0/s1. The number of ketones is 2. The summed E-state index contributed by atoms with van der Waals surface area (Å²) in [4.78, 5) is 81.7. The first-order valence-electron chi connectivity index (χ1n) is 21.8. The zero-order chi connectivity index (χ0) is 43.8. The molecule has 2 atom stereocenters. The molecule has 0 unspecified atom stereocenters. The summed E-state index contributed by atoms with van der Waals surface area (Å²) < 4.78 is 21.2. The minimum atomic E-state index is -1.16. The van der Waals surface area contributed by atoms with Crippen LogP contribution in [0.2, 0.25) is 0 Å². The fraction of sp³-hybridized carbons (Fsp3) is 0.833. The van der Waals surface area contributed by atoms with Crippen molar-refractivity contribution in [1.82, 2.24) is 16.0 Å². The maximum atomic E-state index is 12.3. The Morgan fingerprint density at radius 1 is 0.508 bits per heavy atom. The number of carbonyl (C=O) groups excluding carboxylic acids is 5. The van der Waals surface area contributed by atoms with E-state index in [-0.39, 0.29) is 115 Å². The molecule has 3 amide bonds. The number of ether oxygens (including phenoxy) is 4. The van der Waals surface area contributed by atoms with Crippen LogP contribution in [0.25, 0.3) is 0 Å². The SMILES string of the molecule is C[C@H](NC(=O)COCCOCCNC(=O)COCCOCCCC(=O)CC[C@H](NC(=O)CCCCCCCCCCCCCCCCCCC(=O)O)C(=O)O)C(=O)CN. The van der Waals surface area contributed by atoms with Gasteiger partial charge >= 0.3 is 11.9 Å². The number of amides is 3. The summed E-state index contributed by atoms with van der Waals surface area (Å²) in [5.74, 6) is -3.30. The molecule has 59 heavy (non-hydrogen) atoms. The molecule has 0 aliphatic rings. The molecular formula is C42H76N4O13. The van der Waals surface area contributed by atoms with E-state index in [1.807, 2.05) is 0 Å². The molecule has 0 bridgehead atoms. The summed E-state index contributed by atoms with van der Waals surface area (Å²) >= 11 is 0. The molecule has 0 aromatic carbocycles. The van der Waals surface area contributed by atoms with E-state index in [0.29, 0.717) is 19.4 Å². The van der Waals surface area contributed by atoms with Crippen LogP contribution < -0.4 is 21.7 Å². The van der Waals surface area contributed by atoms with Crippen molar-refractivity contribution in [1.29, 1.82) is 0 Å². The third-order valence-corrected chi connectivity index (χ3v) is 9.47. The Labute approximate surface area is 351 Å². The first kappa shape index (κ1) is 55.5. The van der Waals surface area contributed by atoms with Gasteiger partial charge in [-0.2, -0.15) is 0 Å². The number of carboxylic acid groups (broad SMARTS) is 2. The van der Waals surface area contributed by atoms with Crippen LogP contribution in [-0.4, -0.2) is 129 Å². The smallest absolute Gasteiger partial charge is 0.326 e. The molecule has 0 saturated heterocycles. The fourth-order valence-electron chi connectivity index (χ4n) is 5.99. The Balaban J connectivity index is 3.66. The van der Waals surface area contributed by atoms with Crippen LogP contribution in [0.5, 0.6) is 0 Å². The number of carboxylic acids is 2. The molecule has 0 radical (unpaired) electrons. The van der Waals surface area contributed by atoms with Crippen molar-refractivity contribution < 1.29 is 62.7 Å². The van der Waals surface area contributed by atoms with E-state index in [4.69, 9.17) is 29.8 Å². The number of hydrogen-bond acceptors (Lipinski definition) is 12. The average Bonchev–Trinajstić information content (AvgIpc) is 3.20. The highest BCUT2D eigenvalue weighted by molar-refractivity contribution is 5.90. The van der Waals surface area contributed by atoms with Crippen LogP contribution in [0.15, 0.2) is 0 Å². The van der Waals surface area contributed by atoms with E-state index in [2.05, 4.69) is 16.0 Å². The van der Waals surface area contributed by atoms with Crippen molar-refractivity contribution in [3.8, 4) is 0 Å². The second-order valence-corrected chi connectivity index (χ2v) is 14.8. The van der Waals surface area contributed by atoms with E-state index >= 15 is 0 Å². The van der Waals surface area contributed by atoms with Crippen molar-refractivity contribution in [3.05, 3.63) is 0 Å². The van der Waals surface area contributed by atoms with Gasteiger partial charge in [-0.1, -0.05) is 89.9 Å². The summed E-state index contributed by atoms with van der Waals surface area (Å²) in [5.41, 5.74) is 5.25. The molecular weight excluding hydrogens is 768 g/mol. The lowest BCUT2D eigenvalue weighted by Crippen LogP contribution is -2.42. The summed E-state index contributed by atoms with van der Waals surface area (Å²) in [6.07, 6.45) is 19.2. The zero-order valence-electron chi connectivity index (χ0n) is 35.7. The average molecular weight is 845 g/mol. The van der Waals surface area contributed by atoms with Crippen LogP contribution in [-0.2, 0) is 52.5 Å². The lowest BCUT2D eigenvalue weighted by atomic mass is 10.0. The Kier molecular flexibility index (Phi) is 37.5. The number of Topliss-reactive ketones (excluding diaryl/α,β-unsaturated/α-hetero) is 2. The molecule has 0 aliphatic heterocycles. The highest BCUT2D eigenvalue weighted by Crippen LogP contribution is 2.14. The molecule has 342 valence electrons. The topological polar surface area (TPSA) is 259 Å². The molecule has 0 aromatic rings. The van der Waals surface area contributed by atoms with E-state index in [1.165, 1.54) is 57.8 Å². The molecule has 0 spiro atoms. The van der Waals surface area contributed by atoms with Gasteiger partial charge in [-0.3, -0.25) is 28.8 Å². The van der Waals surface area contributed by atoms with Crippen LogP contribution in [0, 0.1) is 0 Å². The molecule has 17 heteroatoms. The summed E-state index contributed by atoms with van der Waals surface area (Å²) in [5, 5.41) is 25.9. The van der Waals surface area contributed by atoms with Gasteiger partial charge in [0, 0.05) is 38.8 Å². The van der Waals surface area contributed by atoms with Gasteiger partial charge in [0.1, 0.15) is 25.0 Å². The molecule has 7 N–H and O–H groups in total. The lowest BCUT2D eigenvalue weighted by Gasteiger charge is -2.14. The van der Waals surface area contributed by atoms with Crippen molar-refractivity contribution >= 4 is 41.2 Å². The highest BCUT2D eigenvalue weighted by Gasteiger charge is 2.21. The van der Waals surface area contributed by atoms with E-state index in [9.17, 15) is 38.7 Å². The van der Waals surface area contributed by atoms with Gasteiger partial charge in [0.2, 0.25) is 17.7 Å². The highest BCUT2D eigenvalue weighted by atomic mass is 16.5. The third kappa shape index (κ3) is 38.4. The lowest BCUT2D eigenvalue weighted by molar-refractivity contribution is -0.142. The molecule has 17 nitrogen and oxygen atoms in total. The van der Waals surface area contributed by atoms with Crippen molar-refractivity contribution in [3.63, 3.8) is 0 Å². The Hall–Kier alpha value is -3.51. The molecule has 0 saturated carbocycles. The first-order valence-corrected chi connectivity index (χ1v) is 21.8. The fourth-order valence-corrected chi connectivity index (χ4v) is 5.99. The predicted molar refractivity (Wildman–Crippen MR) is 222 cm³/mol. The minimum absolute atomic E-state index is 0.0357. The minimum Gasteiger partial charge on any atom is -0.481 e. The molecule has 0 rings (SSSR count). The zero-order valence-corrected chi connectivity index (χ0v) is 35.7. The number of carbonyl (C=O) groups is 7. The van der Waals surface area contributed by atoms with E-state index in [0.717, 1.165) is 38.5 Å². The van der Waals surface area contributed by atoms with E-state index in [1.54, 1.807) is 6.92 Å². The van der Waals surface area contributed by atoms with Crippen LogP contribution in [0.3, 0.4) is 0 Å². The summed E-state index contributed by atoms with van der Waals surface area (Å²) in [7, 11) is 0. The maximum Gasteiger partial charge on any atom is 0.326 e. The van der Waals surface area contributed by atoms with Gasteiger partial charge in [-0.15, -0.1) is 0 Å². The van der Waals surface area contributed by atoms with Gasteiger partial charge < -0.3 is 50.8 Å². The second-order valence-electron chi connectivity index (χ2n) is 14.8. The van der Waals surface area contributed by atoms with Crippen molar-refractivity contribution in [2.24, 2.45) is 5.73 Å². The van der Waals surface area contributed by atoms with Crippen LogP contribution >= 0.6 is 0 Å². The van der Waals surface area contributed by atoms with E-state index < -0.39 is 29.9 Å². The van der Waals surface area contributed by atoms with Crippen molar-refractivity contribution in [2.75, 3.05) is 65.9 Å². The van der Waals surface area contributed by atoms with Gasteiger partial charge in [0.25, 0.3) is 0 Å². The second kappa shape index (κ2) is 39.9. The van der Waals surface area contributed by atoms with Crippen LogP contribution in [0.1, 0.15) is 148 Å². The third-order valence-electron chi connectivity index (χ3n) is 9.47. The summed E-state index contributed by atoms with van der Waals surface area (Å²) in [6.45, 7) is 2.63. The molecule has 0 heterocycles. The van der Waals surface area contributed by atoms with Gasteiger partial charge in [-0.25, -0.2) is 4.79 Å². The largest absolute Gasteiger partial charge is 0.481 e. The Bertz CT molecular complexity index is 1160. The summed E-state index contributed by atoms with van der Waals surface area (Å²) in [6, 6.07) is -1.77. The van der Waals surface area contributed by atoms with Gasteiger partial charge in [0.05, 0.1) is 45.6 Å².